The van der Waals surface area contributed by atoms with E-state index in [-0.39, 0.29) is 0 Å². The Labute approximate surface area is 115 Å². The van der Waals surface area contributed by atoms with Gasteiger partial charge in [-0.1, -0.05) is 35.1 Å². The van der Waals surface area contributed by atoms with Gasteiger partial charge in [-0.3, -0.25) is 4.40 Å². The summed E-state index contributed by atoms with van der Waals surface area (Å²) in [5.41, 5.74) is 0.246. The molecule has 0 atom stereocenters. The molecule has 3 rings (SSSR count). The van der Waals surface area contributed by atoms with Crippen LogP contribution >= 0.6 is 22.9 Å². The van der Waals surface area contributed by atoms with Crippen LogP contribution in [0.25, 0.3) is 16.2 Å². The summed E-state index contributed by atoms with van der Waals surface area (Å²) in [6, 6.07) is 5.11. The average Bonchev–Trinajstić information content (AvgIpc) is 2.85. The van der Waals surface area contributed by atoms with Crippen LogP contribution in [0.2, 0.25) is 4.34 Å². The van der Waals surface area contributed by atoms with Crippen LogP contribution in [-0.4, -0.2) is 9.38 Å². The number of benzene rings is 1. The molecule has 0 aliphatic carbocycles. The first-order chi connectivity index (χ1) is 8.93. The summed E-state index contributed by atoms with van der Waals surface area (Å²) in [7, 11) is 0. The Balaban J connectivity index is 2.08. The quantitative estimate of drug-likeness (QED) is 0.635. The van der Waals surface area contributed by atoms with Crippen molar-refractivity contribution in [1.29, 1.82) is 0 Å². The molecule has 0 N–H and O–H groups in total. The standard InChI is InChI=1S/C12H6ClF3N2S/c13-10-6-18-5-9(17-11(18)19-10)7-2-1-3-8(4-7)12(14,15)16/h1-6H. The van der Waals surface area contributed by atoms with E-state index in [4.69, 9.17) is 11.6 Å². The highest BCUT2D eigenvalue weighted by molar-refractivity contribution is 7.20. The fourth-order valence-electron chi connectivity index (χ4n) is 1.76. The predicted octanol–water partition coefficient (Wildman–Crippen LogP) is 4.74. The Kier molecular flexibility index (Phi) is 2.79. The van der Waals surface area contributed by atoms with E-state index >= 15 is 0 Å². The second kappa shape index (κ2) is 4.25. The second-order valence-electron chi connectivity index (χ2n) is 3.93. The molecule has 2 aromatic heterocycles. The summed E-state index contributed by atoms with van der Waals surface area (Å²) in [6.07, 6.45) is -1.02. The molecule has 1 aromatic carbocycles. The number of thiazole rings is 1. The molecule has 0 fully saturated rings. The second-order valence-corrected chi connectivity index (χ2v) is 5.57. The minimum absolute atomic E-state index is 0.432. The van der Waals surface area contributed by atoms with Crippen LogP contribution < -0.4 is 0 Å². The van der Waals surface area contributed by atoms with Crippen molar-refractivity contribution in [2.75, 3.05) is 0 Å². The highest BCUT2D eigenvalue weighted by atomic mass is 35.5. The van der Waals surface area contributed by atoms with Crippen molar-refractivity contribution in [1.82, 2.24) is 9.38 Å². The maximum Gasteiger partial charge on any atom is 0.416 e. The number of hydrogen-bond acceptors (Lipinski definition) is 2. The molecule has 0 aliphatic rings. The van der Waals surface area contributed by atoms with E-state index in [2.05, 4.69) is 4.98 Å². The molecule has 98 valence electrons. The summed E-state index contributed by atoms with van der Waals surface area (Å²) in [5.74, 6) is 0. The van der Waals surface area contributed by atoms with Crippen molar-refractivity contribution < 1.29 is 13.2 Å². The number of fused-ring (bicyclic) bond motifs is 1. The monoisotopic (exact) mass is 302 g/mol. The SMILES string of the molecule is FC(F)(F)c1cccc(-c2cn3cc(Cl)sc3n2)c1. The molecule has 2 heterocycles. The van der Waals surface area contributed by atoms with Crippen molar-refractivity contribution in [3.05, 3.63) is 46.6 Å². The first-order valence-corrected chi connectivity index (χ1v) is 6.44. The van der Waals surface area contributed by atoms with Gasteiger partial charge in [0.25, 0.3) is 0 Å². The summed E-state index contributed by atoms with van der Waals surface area (Å²) in [5, 5.41) is 0. The van der Waals surface area contributed by atoms with Crippen LogP contribution in [0.3, 0.4) is 0 Å². The summed E-state index contributed by atoms with van der Waals surface area (Å²) < 4.78 is 40.2. The predicted molar refractivity (Wildman–Crippen MR) is 68.5 cm³/mol. The third kappa shape index (κ3) is 2.33. The molecule has 0 spiro atoms. The molecular weight excluding hydrogens is 297 g/mol. The van der Waals surface area contributed by atoms with Gasteiger partial charge in [0.1, 0.15) is 4.34 Å². The highest BCUT2D eigenvalue weighted by Crippen LogP contribution is 2.32. The molecule has 0 saturated carbocycles. The molecule has 0 saturated heterocycles. The summed E-state index contributed by atoms with van der Waals surface area (Å²) >= 11 is 7.09. The van der Waals surface area contributed by atoms with Crippen LogP contribution in [0.15, 0.2) is 36.7 Å². The normalized spacial score (nSPS) is 12.2. The lowest BCUT2D eigenvalue weighted by Gasteiger charge is -2.07. The van der Waals surface area contributed by atoms with Gasteiger partial charge < -0.3 is 0 Å². The van der Waals surface area contributed by atoms with Crippen LogP contribution in [0.1, 0.15) is 5.56 Å². The van der Waals surface area contributed by atoms with E-state index in [9.17, 15) is 13.2 Å². The van der Waals surface area contributed by atoms with Gasteiger partial charge in [0.2, 0.25) is 0 Å². The fourth-order valence-corrected chi connectivity index (χ4v) is 2.77. The van der Waals surface area contributed by atoms with Gasteiger partial charge >= 0.3 is 6.18 Å². The lowest BCUT2D eigenvalue weighted by Crippen LogP contribution is -2.04. The largest absolute Gasteiger partial charge is 0.416 e. The summed E-state index contributed by atoms with van der Waals surface area (Å²) in [6.45, 7) is 0. The Morgan fingerprint density at radius 3 is 2.68 bits per heavy atom. The molecular formula is C12H6ClF3N2S. The van der Waals surface area contributed by atoms with Crippen molar-refractivity contribution >= 4 is 27.9 Å². The zero-order valence-electron chi connectivity index (χ0n) is 9.28. The Morgan fingerprint density at radius 2 is 2.00 bits per heavy atom. The van der Waals surface area contributed by atoms with Gasteiger partial charge in [-0.15, -0.1) is 0 Å². The number of aromatic nitrogens is 2. The van der Waals surface area contributed by atoms with Crippen molar-refractivity contribution in [3.63, 3.8) is 0 Å². The number of hydrogen-bond donors (Lipinski definition) is 0. The zero-order chi connectivity index (χ0) is 13.6. The lowest BCUT2D eigenvalue weighted by atomic mass is 10.1. The van der Waals surface area contributed by atoms with Gasteiger partial charge in [-0.05, 0) is 12.1 Å². The Morgan fingerprint density at radius 1 is 1.21 bits per heavy atom. The number of rotatable bonds is 1. The van der Waals surface area contributed by atoms with Gasteiger partial charge in [-0.2, -0.15) is 13.2 Å². The Bertz CT molecular complexity index is 713. The minimum Gasteiger partial charge on any atom is -0.296 e. The molecule has 0 aliphatic heterocycles. The molecule has 0 bridgehead atoms. The highest BCUT2D eigenvalue weighted by Gasteiger charge is 2.30. The van der Waals surface area contributed by atoms with Gasteiger partial charge in [-0.25, -0.2) is 4.98 Å². The van der Waals surface area contributed by atoms with Gasteiger partial charge in [0.05, 0.1) is 11.3 Å². The van der Waals surface area contributed by atoms with Gasteiger partial charge in [0.15, 0.2) is 4.96 Å². The molecule has 3 aromatic rings. The average molecular weight is 303 g/mol. The lowest BCUT2D eigenvalue weighted by molar-refractivity contribution is -0.137. The van der Waals surface area contributed by atoms with Crippen molar-refractivity contribution in [3.8, 4) is 11.3 Å². The van der Waals surface area contributed by atoms with Gasteiger partial charge in [0, 0.05) is 18.0 Å². The maximum absolute atomic E-state index is 12.6. The van der Waals surface area contributed by atoms with E-state index in [0.717, 1.165) is 12.1 Å². The van der Waals surface area contributed by atoms with E-state index < -0.39 is 11.7 Å². The third-order valence-electron chi connectivity index (χ3n) is 2.61. The molecule has 0 amide bonds. The number of alkyl halides is 3. The third-order valence-corrected chi connectivity index (χ3v) is 3.73. The first kappa shape index (κ1) is 12.5. The smallest absolute Gasteiger partial charge is 0.296 e. The molecule has 2 nitrogen and oxygen atoms in total. The van der Waals surface area contributed by atoms with Crippen molar-refractivity contribution in [2.45, 2.75) is 6.18 Å². The molecule has 7 heteroatoms. The van der Waals surface area contributed by atoms with Crippen LogP contribution in [0, 0.1) is 0 Å². The zero-order valence-corrected chi connectivity index (χ0v) is 10.9. The van der Waals surface area contributed by atoms with Crippen LogP contribution in [-0.2, 0) is 6.18 Å². The Hall–Kier alpha value is -1.53. The molecule has 0 radical (unpaired) electrons. The number of nitrogens with zero attached hydrogens (tertiary/aromatic N) is 2. The number of imidazole rings is 1. The molecule has 0 unspecified atom stereocenters. The molecule has 19 heavy (non-hydrogen) atoms. The first-order valence-electron chi connectivity index (χ1n) is 5.25. The summed E-state index contributed by atoms with van der Waals surface area (Å²) in [4.78, 5) is 4.91. The van der Waals surface area contributed by atoms with Crippen molar-refractivity contribution in [2.24, 2.45) is 0 Å². The van der Waals surface area contributed by atoms with E-state index in [1.807, 2.05) is 0 Å². The topological polar surface area (TPSA) is 17.3 Å². The van der Waals surface area contributed by atoms with E-state index in [0.29, 0.717) is 20.6 Å². The van der Waals surface area contributed by atoms with Crippen LogP contribution in [0.4, 0.5) is 13.2 Å². The van der Waals surface area contributed by atoms with E-state index in [1.165, 1.54) is 17.4 Å². The number of halogens is 4. The van der Waals surface area contributed by atoms with Crippen LogP contribution in [0.5, 0.6) is 0 Å². The maximum atomic E-state index is 12.6. The fraction of sp³-hybridized carbons (Fsp3) is 0.0833. The van der Waals surface area contributed by atoms with E-state index in [1.54, 1.807) is 22.9 Å². The minimum atomic E-state index is -4.35.